The number of rotatable bonds is 5. The molecule has 2 aromatic rings. The second kappa shape index (κ2) is 8.14. The SMILES string of the molecule is Cc1nc(Nc2ccccc2N2CCOCC2)cc(C(=O)NC(C)C)n1. The van der Waals surface area contributed by atoms with Gasteiger partial charge in [0.05, 0.1) is 24.6 Å². The lowest BCUT2D eigenvalue weighted by atomic mass is 10.2. The van der Waals surface area contributed by atoms with Gasteiger partial charge in [0.1, 0.15) is 17.3 Å². The van der Waals surface area contributed by atoms with Crippen molar-refractivity contribution in [1.82, 2.24) is 15.3 Å². The third kappa shape index (κ3) is 4.49. The highest BCUT2D eigenvalue weighted by molar-refractivity contribution is 5.93. The Balaban J connectivity index is 1.85. The molecule has 1 aromatic heterocycles. The van der Waals surface area contributed by atoms with Crippen molar-refractivity contribution in [3.8, 4) is 0 Å². The normalized spacial score (nSPS) is 14.4. The topological polar surface area (TPSA) is 79.4 Å². The number of benzene rings is 1. The third-order valence-corrected chi connectivity index (χ3v) is 4.01. The van der Waals surface area contributed by atoms with Crippen LogP contribution in [0.1, 0.15) is 30.2 Å². The Morgan fingerprint density at radius 2 is 1.92 bits per heavy atom. The molecule has 1 saturated heterocycles. The molecular weight excluding hydrogens is 330 g/mol. The van der Waals surface area contributed by atoms with Crippen LogP contribution < -0.4 is 15.5 Å². The van der Waals surface area contributed by atoms with Crippen LogP contribution in [0.5, 0.6) is 0 Å². The van der Waals surface area contributed by atoms with Crippen LogP contribution in [0.2, 0.25) is 0 Å². The van der Waals surface area contributed by atoms with Gasteiger partial charge in [0.2, 0.25) is 0 Å². The Morgan fingerprint density at radius 1 is 1.19 bits per heavy atom. The fraction of sp³-hybridized carbons (Fsp3) is 0.421. The van der Waals surface area contributed by atoms with E-state index in [4.69, 9.17) is 4.74 Å². The molecule has 1 fully saturated rings. The predicted molar refractivity (Wildman–Crippen MR) is 102 cm³/mol. The summed E-state index contributed by atoms with van der Waals surface area (Å²) in [6.45, 7) is 8.77. The molecule has 1 aliphatic heterocycles. The number of aryl methyl sites for hydroxylation is 1. The molecular formula is C19H25N5O2. The minimum atomic E-state index is -0.199. The number of carbonyl (C=O) groups excluding carboxylic acids is 1. The summed E-state index contributed by atoms with van der Waals surface area (Å²) in [5.74, 6) is 0.954. The van der Waals surface area contributed by atoms with E-state index < -0.39 is 0 Å². The number of anilines is 3. The van der Waals surface area contributed by atoms with Gasteiger partial charge in [0.15, 0.2) is 0 Å². The molecule has 1 aromatic carbocycles. The molecule has 0 aliphatic carbocycles. The van der Waals surface area contributed by atoms with Gasteiger partial charge in [-0.05, 0) is 32.9 Å². The molecule has 2 N–H and O–H groups in total. The first-order valence-electron chi connectivity index (χ1n) is 8.88. The van der Waals surface area contributed by atoms with Crippen molar-refractivity contribution < 1.29 is 9.53 Å². The number of aromatic nitrogens is 2. The van der Waals surface area contributed by atoms with Crippen LogP contribution in [-0.2, 0) is 4.74 Å². The minimum absolute atomic E-state index is 0.0521. The Morgan fingerprint density at radius 3 is 2.65 bits per heavy atom. The Kier molecular flexibility index (Phi) is 5.68. The lowest BCUT2D eigenvalue weighted by molar-refractivity contribution is 0.0937. The molecule has 0 unspecified atom stereocenters. The first-order valence-corrected chi connectivity index (χ1v) is 8.88. The summed E-state index contributed by atoms with van der Waals surface area (Å²) in [5, 5.41) is 6.21. The summed E-state index contributed by atoms with van der Waals surface area (Å²) in [6.07, 6.45) is 0. The summed E-state index contributed by atoms with van der Waals surface area (Å²) in [4.78, 5) is 23.2. The largest absolute Gasteiger partial charge is 0.378 e. The lowest BCUT2D eigenvalue weighted by Gasteiger charge is -2.30. The predicted octanol–water partition coefficient (Wildman–Crippen LogP) is 2.50. The number of para-hydroxylation sites is 2. The number of hydrogen-bond acceptors (Lipinski definition) is 6. The second-order valence-electron chi connectivity index (χ2n) is 6.56. The summed E-state index contributed by atoms with van der Waals surface area (Å²) >= 11 is 0. The molecule has 0 radical (unpaired) electrons. The summed E-state index contributed by atoms with van der Waals surface area (Å²) in [5.41, 5.74) is 2.40. The summed E-state index contributed by atoms with van der Waals surface area (Å²) < 4.78 is 5.44. The molecule has 2 heterocycles. The van der Waals surface area contributed by atoms with Crippen molar-refractivity contribution in [3.05, 3.63) is 41.9 Å². The van der Waals surface area contributed by atoms with Crippen LogP contribution >= 0.6 is 0 Å². The van der Waals surface area contributed by atoms with Crippen LogP contribution in [0, 0.1) is 6.92 Å². The van der Waals surface area contributed by atoms with Gasteiger partial charge in [0, 0.05) is 25.2 Å². The second-order valence-corrected chi connectivity index (χ2v) is 6.56. The zero-order chi connectivity index (χ0) is 18.5. The monoisotopic (exact) mass is 355 g/mol. The van der Waals surface area contributed by atoms with Crippen LogP contribution in [0.15, 0.2) is 30.3 Å². The Hall–Kier alpha value is -2.67. The van der Waals surface area contributed by atoms with Gasteiger partial charge in [-0.15, -0.1) is 0 Å². The lowest BCUT2D eigenvalue weighted by Crippen LogP contribution is -2.36. The van der Waals surface area contributed by atoms with Gasteiger partial charge in [-0.2, -0.15) is 0 Å². The molecule has 26 heavy (non-hydrogen) atoms. The van der Waals surface area contributed by atoms with Crippen molar-refractivity contribution in [1.29, 1.82) is 0 Å². The number of morpholine rings is 1. The van der Waals surface area contributed by atoms with E-state index in [-0.39, 0.29) is 11.9 Å². The van der Waals surface area contributed by atoms with E-state index in [9.17, 15) is 4.79 Å². The van der Waals surface area contributed by atoms with Gasteiger partial charge in [-0.1, -0.05) is 12.1 Å². The van der Waals surface area contributed by atoms with Gasteiger partial charge >= 0.3 is 0 Å². The van der Waals surface area contributed by atoms with E-state index in [1.54, 1.807) is 13.0 Å². The molecule has 138 valence electrons. The van der Waals surface area contributed by atoms with E-state index in [1.165, 1.54) is 0 Å². The van der Waals surface area contributed by atoms with E-state index in [0.29, 0.717) is 17.3 Å². The maximum absolute atomic E-state index is 12.3. The molecule has 7 nitrogen and oxygen atoms in total. The maximum atomic E-state index is 12.3. The van der Waals surface area contributed by atoms with Crippen molar-refractivity contribution >= 4 is 23.1 Å². The van der Waals surface area contributed by atoms with Gasteiger partial charge in [-0.3, -0.25) is 4.79 Å². The van der Waals surface area contributed by atoms with E-state index in [2.05, 4.69) is 31.6 Å². The van der Waals surface area contributed by atoms with Crippen LogP contribution in [0.25, 0.3) is 0 Å². The minimum Gasteiger partial charge on any atom is -0.378 e. The average Bonchev–Trinajstić information content (AvgIpc) is 2.62. The molecule has 0 atom stereocenters. The molecule has 0 saturated carbocycles. The quantitative estimate of drug-likeness (QED) is 0.858. The van der Waals surface area contributed by atoms with Gasteiger partial charge < -0.3 is 20.3 Å². The van der Waals surface area contributed by atoms with Crippen LogP contribution in [-0.4, -0.2) is 48.2 Å². The number of ether oxygens (including phenoxy) is 1. The maximum Gasteiger partial charge on any atom is 0.270 e. The van der Waals surface area contributed by atoms with Gasteiger partial charge in [0.25, 0.3) is 5.91 Å². The van der Waals surface area contributed by atoms with E-state index in [1.807, 2.05) is 32.0 Å². The first-order chi connectivity index (χ1) is 12.5. The van der Waals surface area contributed by atoms with E-state index in [0.717, 1.165) is 37.7 Å². The number of nitrogens with one attached hydrogen (secondary N) is 2. The van der Waals surface area contributed by atoms with Crippen molar-refractivity contribution in [2.24, 2.45) is 0 Å². The molecule has 0 spiro atoms. The highest BCUT2D eigenvalue weighted by atomic mass is 16.5. The Labute approximate surface area is 153 Å². The summed E-state index contributed by atoms with van der Waals surface area (Å²) in [6, 6.07) is 9.82. The molecule has 7 heteroatoms. The molecule has 1 aliphatic rings. The standard InChI is InChI=1S/C19H25N5O2/c1-13(2)20-19(25)16-12-18(22-14(3)21-16)23-15-6-4-5-7-17(15)24-8-10-26-11-9-24/h4-7,12-13H,8-11H2,1-3H3,(H,20,25)(H,21,22,23). The zero-order valence-electron chi connectivity index (χ0n) is 15.5. The fourth-order valence-electron chi connectivity index (χ4n) is 2.88. The molecule has 0 bridgehead atoms. The van der Waals surface area contributed by atoms with Crippen molar-refractivity contribution in [2.45, 2.75) is 26.8 Å². The number of nitrogens with zero attached hydrogens (tertiary/aromatic N) is 3. The van der Waals surface area contributed by atoms with Crippen LogP contribution in [0.3, 0.4) is 0 Å². The summed E-state index contributed by atoms with van der Waals surface area (Å²) in [7, 11) is 0. The highest BCUT2D eigenvalue weighted by Crippen LogP contribution is 2.28. The number of carbonyl (C=O) groups is 1. The highest BCUT2D eigenvalue weighted by Gasteiger charge is 2.16. The fourth-order valence-corrected chi connectivity index (χ4v) is 2.88. The zero-order valence-corrected chi connectivity index (χ0v) is 15.5. The van der Waals surface area contributed by atoms with Crippen molar-refractivity contribution in [3.63, 3.8) is 0 Å². The van der Waals surface area contributed by atoms with Gasteiger partial charge in [-0.25, -0.2) is 9.97 Å². The van der Waals surface area contributed by atoms with Crippen LogP contribution in [0.4, 0.5) is 17.2 Å². The average molecular weight is 355 g/mol. The van der Waals surface area contributed by atoms with Crippen molar-refractivity contribution in [2.75, 3.05) is 36.5 Å². The number of amides is 1. The smallest absolute Gasteiger partial charge is 0.270 e. The number of hydrogen-bond donors (Lipinski definition) is 2. The molecule has 3 rings (SSSR count). The third-order valence-electron chi connectivity index (χ3n) is 4.01. The Bertz CT molecular complexity index is 772. The molecule has 1 amide bonds. The van der Waals surface area contributed by atoms with E-state index >= 15 is 0 Å². The first kappa shape index (κ1) is 18.1.